The number of fused-ring (bicyclic) bond motifs is 16. The first-order valence-corrected chi connectivity index (χ1v) is 43.7. The highest BCUT2D eigenvalue weighted by molar-refractivity contribution is 6.21. The smallest absolute Gasteiger partial charge is 0.0720 e. The van der Waals surface area contributed by atoms with Crippen molar-refractivity contribution in [2.24, 2.45) is 0 Å². The van der Waals surface area contributed by atoms with E-state index in [2.05, 4.69) is 519 Å². The zero-order chi connectivity index (χ0) is 83.8. The van der Waals surface area contributed by atoms with Gasteiger partial charge in [-0.05, 0) is 307 Å². The second-order valence-electron chi connectivity index (χ2n) is 33.8. The summed E-state index contributed by atoms with van der Waals surface area (Å²) in [5.74, 6) is 0. The Morgan fingerprint density at radius 2 is 0.421 bits per heavy atom. The third kappa shape index (κ3) is 12.7. The molecule has 2 aliphatic rings. The van der Waals surface area contributed by atoms with Gasteiger partial charge in [-0.15, -0.1) is 0 Å². The van der Waals surface area contributed by atoms with Crippen LogP contribution in [0.25, 0.3) is 110 Å². The lowest BCUT2D eigenvalue weighted by Gasteiger charge is -2.35. The maximum absolute atomic E-state index is 2.48. The van der Waals surface area contributed by atoms with Gasteiger partial charge in [-0.25, -0.2) is 0 Å². The van der Waals surface area contributed by atoms with Crippen molar-refractivity contribution in [3.63, 3.8) is 0 Å². The first kappa shape index (κ1) is 74.9. The molecule has 21 aromatic rings. The molecule has 0 saturated carbocycles. The summed E-state index contributed by atoms with van der Waals surface area (Å²) < 4.78 is 0. The number of hydrogen-bond donors (Lipinski definition) is 0. The normalized spacial score (nSPS) is 12.7. The van der Waals surface area contributed by atoms with E-state index in [0.29, 0.717) is 0 Å². The van der Waals surface area contributed by atoms with E-state index in [0.717, 1.165) is 90.5 Å². The van der Waals surface area contributed by atoms with Crippen LogP contribution in [0.2, 0.25) is 0 Å². The van der Waals surface area contributed by atoms with Crippen molar-refractivity contribution in [2.75, 3.05) is 19.6 Å². The average molecular weight is 1610 g/mol. The summed E-state index contributed by atoms with van der Waals surface area (Å²) in [4.78, 5) is 9.46. The average Bonchev–Trinajstić information content (AvgIpc) is 1.51. The summed E-state index contributed by atoms with van der Waals surface area (Å²) in [6.07, 6.45) is 0. The molecule has 21 aromatic carbocycles. The van der Waals surface area contributed by atoms with Crippen LogP contribution >= 0.6 is 0 Å². The molecule has 126 heavy (non-hydrogen) atoms. The van der Waals surface area contributed by atoms with Gasteiger partial charge in [-0.1, -0.05) is 335 Å². The Morgan fingerprint density at radius 1 is 0.159 bits per heavy atom. The maximum atomic E-state index is 2.48. The molecular formula is C122H86N4. The summed E-state index contributed by atoms with van der Waals surface area (Å²) in [5, 5.41) is 10.1. The van der Waals surface area contributed by atoms with Crippen LogP contribution in [0.1, 0.15) is 47.2 Å². The van der Waals surface area contributed by atoms with Crippen LogP contribution in [0.4, 0.5) is 68.2 Å². The molecule has 594 valence electrons. The molecular weight excluding hydrogens is 1520 g/mol. The molecule has 0 N–H and O–H groups in total. The van der Waals surface area contributed by atoms with Crippen LogP contribution in [-0.2, 0) is 10.8 Å². The van der Waals surface area contributed by atoms with Crippen molar-refractivity contribution < 1.29 is 0 Å². The minimum atomic E-state index is -0.689. The zero-order valence-electron chi connectivity index (χ0n) is 70.0. The van der Waals surface area contributed by atoms with Gasteiger partial charge in [-0.3, -0.25) is 0 Å². The number of rotatable bonds is 18. The molecule has 4 nitrogen and oxygen atoms in total. The molecule has 0 aliphatic heterocycles. The first-order chi connectivity index (χ1) is 62.3. The summed E-state index contributed by atoms with van der Waals surface area (Å²) >= 11 is 0. The lowest BCUT2D eigenvalue weighted by atomic mass is 9.66. The lowest BCUT2D eigenvalue weighted by molar-refractivity contribution is 0.667. The van der Waals surface area contributed by atoms with Crippen molar-refractivity contribution in [1.82, 2.24) is 0 Å². The summed E-state index contributed by atoms with van der Waals surface area (Å²) in [5.41, 5.74) is 34.4. The van der Waals surface area contributed by atoms with Crippen molar-refractivity contribution in [3.05, 3.63) is 519 Å². The standard InChI is InChI=1S/C122H86N4/c1-121(2)115-81-90(64-76-111(115)117-107-52-29-27-50-105(107)113-79-88(62-74-109(113)119(117)121)84-56-67-99(68-57-84)123(93-37-15-5-16-38-93)94-39-17-6-18-40-94)86-60-71-102(72-61-86)126(98-47-25-10-26-48-98)103-49-31-32-87(78-103)83-54-65-100(66-55-83)124(95-41-19-7-20-42-95)101-69-58-85(59-70-101)89-63-75-110-114(80-89)106-51-28-30-53-108(106)118-112-77-73-104(125(96-43-21-8-22-44-96)97-45-23-9-24-46-97)82-116(112)122(120(110)118,91-33-11-3-12-34-91)92-35-13-4-14-36-92/h3-82H,1-2H3. The molecule has 23 rings (SSSR count). The van der Waals surface area contributed by atoms with Crippen LogP contribution in [0.15, 0.2) is 485 Å². The number of nitrogens with zero attached hydrogens (tertiary/aromatic N) is 4. The number of hydrogen-bond acceptors (Lipinski definition) is 4. The topological polar surface area (TPSA) is 13.0 Å². The van der Waals surface area contributed by atoms with E-state index in [4.69, 9.17) is 0 Å². The Hall–Kier alpha value is -16.1. The van der Waals surface area contributed by atoms with Crippen molar-refractivity contribution >= 4 is 111 Å². The molecule has 0 amide bonds. The fourth-order valence-electron chi connectivity index (χ4n) is 20.7. The number of para-hydroxylation sites is 6. The Labute approximate surface area is 736 Å². The van der Waals surface area contributed by atoms with Crippen molar-refractivity contribution in [2.45, 2.75) is 24.7 Å². The summed E-state index contributed by atoms with van der Waals surface area (Å²) in [6, 6.07) is 179. The van der Waals surface area contributed by atoms with E-state index in [-0.39, 0.29) is 5.41 Å². The van der Waals surface area contributed by atoms with E-state index < -0.39 is 5.41 Å². The Kier molecular flexibility index (Phi) is 18.5. The lowest BCUT2D eigenvalue weighted by Crippen LogP contribution is -2.29. The van der Waals surface area contributed by atoms with Crippen LogP contribution in [0.3, 0.4) is 0 Å². The van der Waals surface area contributed by atoms with Gasteiger partial charge in [0.1, 0.15) is 0 Å². The SMILES string of the molecule is CC1(C)c2cc(-c3ccc(N(c4ccccc4)c4cccc(-c5ccc(N(c6ccccc6)c6ccc(-c7ccc8c9c(c%10ccccc%10c8c7)-c7ccc(N(c8ccccc8)c8ccccc8)cc7C9(c7ccccc7)c7ccccc7)cc6)cc5)c4)cc3)ccc2-c2c1c1ccc(-c3ccc(N(c4ccccc4)c4ccccc4)cc3)cc1c1ccccc21. The quantitative estimate of drug-likeness (QED) is 0.0794. The monoisotopic (exact) mass is 1610 g/mol. The fraction of sp³-hybridized carbons (Fsp3) is 0.0328. The van der Waals surface area contributed by atoms with Crippen molar-refractivity contribution in [1.29, 1.82) is 0 Å². The van der Waals surface area contributed by atoms with Crippen molar-refractivity contribution in [3.8, 4) is 66.8 Å². The van der Waals surface area contributed by atoms with Crippen LogP contribution < -0.4 is 19.6 Å². The molecule has 0 spiro atoms. The van der Waals surface area contributed by atoms with Gasteiger partial charge >= 0.3 is 0 Å². The number of benzene rings is 21. The molecule has 0 unspecified atom stereocenters. The highest BCUT2D eigenvalue weighted by atomic mass is 15.2. The van der Waals surface area contributed by atoms with Gasteiger partial charge in [0.2, 0.25) is 0 Å². The molecule has 2 aliphatic carbocycles. The predicted molar refractivity (Wildman–Crippen MR) is 532 cm³/mol. The van der Waals surface area contributed by atoms with Crippen LogP contribution in [0.5, 0.6) is 0 Å². The summed E-state index contributed by atoms with van der Waals surface area (Å²) in [6.45, 7) is 4.85. The van der Waals surface area contributed by atoms with E-state index >= 15 is 0 Å². The second-order valence-corrected chi connectivity index (χ2v) is 33.8. The van der Waals surface area contributed by atoms with E-state index in [1.165, 1.54) is 121 Å². The molecule has 0 atom stereocenters. The largest absolute Gasteiger partial charge is 0.311 e. The minimum absolute atomic E-state index is 0.281. The van der Waals surface area contributed by atoms with E-state index in [9.17, 15) is 0 Å². The fourth-order valence-corrected chi connectivity index (χ4v) is 20.7. The van der Waals surface area contributed by atoms with Gasteiger partial charge in [-0.2, -0.15) is 0 Å². The Balaban J connectivity index is 0.542. The second kappa shape index (κ2) is 31.1. The highest BCUT2D eigenvalue weighted by Crippen LogP contribution is 2.62. The van der Waals surface area contributed by atoms with Crippen LogP contribution in [-0.4, -0.2) is 0 Å². The highest BCUT2D eigenvalue weighted by Gasteiger charge is 2.49. The summed E-state index contributed by atoms with van der Waals surface area (Å²) in [7, 11) is 0. The predicted octanol–water partition coefficient (Wildman–Crippen LogP) is 33.5. The maximum Gasteiger partial charge on any atom is 0.0720 e. The Bertz CT molecular complexity index is 7540. The molecule has 4 heteroatoms. The number of anilines is 12. The molecule has 0 fully saturated rings. The van der Waals surface area contributed by atoms with Crippen LogP contribution in [0, 0.1) is 0 Å². The third-order valence-corrected chi connectivity index (χ3v) is 26.4. The molecule has 0 bridgehead atoms. The minimum Gasteiger partial charge on any atom is -0.311 e. The third-order valence-electron chi connectivity index (χ3n) is 26.4. The first-order valence-electron chi connectivity index (χ1n) is 43.7. The van der Waals surface area contributed by atoms with Gasteiger partial charge in [0.25, 0.3) is 0 Å². The molecule has 0 aromatic heterocycles. The van der Waals surface area contributed by atoms with E-state index in [1.807, 2.05) is 0 Å². The molecule has 0 saturated heterocycles. The molecule has 0 heterocycles. The van der Waals surface area contributed by atoms with Gasteiger partial charge < -0.3 is 19.6 Å². The Morgan fingerprint density at radius 3 is 0.810 bits per heavy atom. The van der Waals surface area contributed by atoms with Gasteiger partial charge in [0.05, 0.1) is 5.41 Å². The van der Waals surface area contributed by atoms with E-state index in [1.54, 1.807) is 0 Å². The zero-order valence-corrected chi connectivity index (χ0v) is 70.0. The molecule has 0 radical (unpaired) electrons. The van der Waals surface area contributed by atoms with Gasteiger partial charge in [0, 0.05) is 73.7 Å². The van der Waals surface area contributed by atoms with Gasteiger partial charge in [0.15, 0.2) is 0 Å².